The standard InChI is InChI=1S/C18H19ClO2/c1-20-16-6-2-4-13(10-16)11-17(19)14-7-8-18-15(12-14)5-3-9-21-18/h2,4,6-8,10,12,17H,3,5,9,11H2,1H3. The molecule has 0 N–H and O–H groups in total. The third kappa shape index (κ3) is 3.33. The molecule has 0 spiro atoms. The minimum atomic E-state index is -0.0377. The van der Waals surface area contributed by atoms with Crippen LogP contribution < -0.4 is 9.47 Å². The Morgan fingerprint density at radius 2 is 2.14 bits per heavy atom. The van der Waals surface area contributed by atoms with Crippen LogP contribution in [-0.2, 0) is 12.8 Å². The van der Waals surface area contributed by atoms with Crippen LogP contribution >= 0.6 is 11.6 Å². The highest BCUT2D eigenvalue weighted by Crippen LogP contribution is 2.32. The van der Waals surface area contributed by atoms with Crippen LogP contribution in [0.2, 0.25) is 0 Å². The first-order valence-electron chi connectivity index (χ1n) is 7.29. The van der Waals surface area contributed by atoms with Crippen LogP contribution in [0.4, 0.5) is 0 Å². The fourth-order valence-electron chi connectivity index (χ4n) is 2.70. The van der Waals surface area contributed by atoms with Gasteiger partial charge in [-0.2, -0.15) is 0 Å². The lowest BCUT2D eigenvalue weighted by molar-refractivity contribution is 0.288. The normalized spacial score (nSPS) is 15.0. The van der Waals surface area contributed by atoms with E-state index in [4.69, 9.17) is 21.1 Å². The number of alkyl halides is 1. The predicted molar refractivity (Wildman–Crippen MR) is 85.6 cm³/mol. The molecule has 2 aromatic rings. The lowest BCUT2D eigenvalue weighted by Crippen LogP contribution is -2.09. The first kappa shape index (κ1) is 14.3. The van der Waals surface area contributed by atoms with E-state index in [1.165, 1.54) is 11.1 Å². The number of fused-ring (bicyclic) bond motifs is 1. The minimum Gasteiger partial charge on any atom is -0.497 e. The molecule has 110 valence electrons. The van der Waals surface area contributed by atoms with Crippen LogP contribution in [0, 0.1) is 0 Å². The smallest absolute Gasteiger partial charge is 0.122 e. The van der Waals surface area contributed by atoms with E-state index in [-0.39, 0.29) is 5.38 Å². The maximum atomic E-state index is 6.60. The van der Waals surface area contributed by atoms with Crippen LogP contribution in [0.5, 0.6) is 11.5 Å². The molecule has 2 aromatic carbocycles. The lowest BCUT2D eigenvalue weighted by atomic mass is 9.98. The number of aryl methyl sites for hydroxylation is 1. The molecule has 0 fully saturated rings. The van der Waals surface area contributed by atoms with Crippen molar-refractivity contribution in [1.82, 2.24) is 0 Å². The van der Waals surface area contributed by atoms with Crippen molar-refractivity contribution in [2.24, 2.45) is 0 Å². The molecule has 1 aliphatic heterocycles. The van der Waals surface area contributed by atoms with Crippen molar-refractivity contribution >= 4 is 11.6 Å². The van der Waals surface area contributed by atoms with Gasteiger partial charge < -0.3 is 9.47 Å². The number of hydrogen-bond acceptors (Lipinski definition) is 2. The molecule has 3 rings (SSSR count). The van der Waals surface area contributed by atoms with Gasteiger partial charge in [-0.3, -0.25) is 0 Å². The predicted octanol–water partition coefficient (Wildman–Crippen LogP) is 4.54. The summed E-state index contributed by atoms with van der Waals surface area (Å²) in [5.41, 5.74) is 3.61. The molecular weight excluding hydrogens is 284 g/mol. The summed E-state index contributed by atoms with van der Waals surface area (Å²) in [6.45, 7) is 0.820. The lowest BCUT2D eigenvalue weighted by Gasteiger charge is -2.19. The van der Waals surface area contributed by atoms with E-state index in [0.717, 1.165) is 42.9 Å². The van der Waals surface area contributed by atoms with E-state index < -0.39 is 0 Å². The molecule has 0 aliphatic carbocycles. The van der Waals surface area contributed by atoms with E-state index in [1.807, 2.05) is 24.3 Å². The molecule has 0 aromatic heterocycles. The maximum Gasteiger partial charge on any atom is 0.122 e. The van der Waals surface area contributed by atoms with Gasteiger partial charge in [0.2, 0.25) is 0 Å². The first-order valence-corrected chi connectivity index (χ1v) is 7.72. The second-order valence-corrected chi connectivity index (χ2v) is 5.87. The molecule has 0 bridgehead atoms. The summed E-state index contributed by atoms with van der Waals surface area (Å²) in [5.74, 6) is 1.88. The second-order valence-electron chi connectivity index (χ2n) is 5.34. The Morgan fingerprint density at radius 1 is 1.24 bits per heavy atom. The van der Waals surface area contributed by atoms with Gasteiger partial charge in [0, 0.05) is 0 Å². The van der Waals surface area contributed by atoms with Gasteiger partial charge in [0.25, 0.3) is 0 Å². The fourth-order valence-corrected chi connectivity index (χ4v) is 3.01. The van der Waals surface area contributed by atoms with Crippen molar-refractivity contribution < 1.29 is 9.47 Å². The number of rotatable bonds is 4. The van der Waals surface area contributed by atoms with Gasteiger partial charge in [0.1, 0.15) is 11.5 Å². The Labute approximate surface area is 130 Å². The van der Waals surface area contributed by atoms with E-state index in [9.17, 15) is 0 Å². The van der Waals surface area contributed by atoms with Crippen LogP contribution in [0.3, 0.4) is 0 Å². The highest BCUT2D eigenvalue weighted by molar-refractivity contribution is 6.20. The van der Waals surface area contributed by atoms with Crippen molar-refractivity contribution in [3.8, 4) is 11.5 Å². The largest absolute Gasteiger partial charge is 0.497 e. The number of halogens is 1. The monoisotopic (exact) mass is 302 g/mol. The number of methoxy groups -OCH3 is 1. The Kier molecular flexibility index (Phi) is 4.35. The van der Waals surface area contributed by atoms with E-state index in [1.54, 1.807) is 7.11 Å². The molecule has 3 heteroatoms. The van der Waals surface area contributed by atoms with Gasteiger partial charge in [-0.1, -0.05) is 24.3 Å². The van der Waals surface area contributed by atoms with E-state index in [2.05, 4.69) is 18.2 Å². The molecule has 0 radical (unpaired) electrons. The van der Waals surface area contributed by atoms with Crippen LogP contribution in [0.1, 0.15) is 28.5 Å². The number of benzene rings is 2. The molecule has 1 unspecified atom stereocenters. The Morgan fingerprint density at radius 3 is 3.00 bits per heavy atom. The third-order valence-corrected chi connectivity index (χ3v) is 4.25. The second kappa shape index (κ2) is 6.40. The van der Waals surface area contributed by atoms with E-state index in [0.29, 0.717) is 0 Å². The summed E-state index contributed by atoms with van der Waals surface area (Å²) in [5, 5.41) is -0.0377. The summed E-state index contributed by atoms with van der Waals surface area (Å²) >= 11 is 6.60. The summed E-state index contributed by atoms with van der Waals surface area (Å²) in [4.78, 5) is 0. The van der Waals surface area contributed by atoms with Crippen molar-refractivity contribution in [1.29, 1.82) is 0 Å². The van der Waals surface area contributed by atoms with Crippen molar-refractivity contribution in [3.63, 3.8) is 0 Å². The maximum absolute atomic E-state index is 6.60. The Hall–Kier alpha value is -1.67. The summed E-state index contributed by atoms with van der Waals surface area (Å²) in [6.07, 6.45) is 2.95. The highest BCUT2D eigenvalue weighted by Gasteiger charge is 2.15. The van der Waals surface area contributed by atoms with Gasteiger partial charge >= 0.3 is 0 Å². The van der Waals surface area contributed by atoms with Crippen molar-refractivity contribution in [2.45, 2.75) is 24.6 Å². The first-order chi connectivity index (χ1) is 10.3. The average Bonchev–Trinajstić information content (AvgIpc) is 2.54. The van der Waals surface area contributed by atoms with Gasteiger partial charge in [0.05, 0.1) is 19.1 Å². The van der Waals surface area contributed by atoms with Gasteiger partial charge in [-0.25, -0.2) is 0 Å². The summed E-state index contributed by atoms with van der Waals surface area (Å²) in [6, 6.07) is 14.4. The molecule has 21 heavy (non-hydrogen) atoms. The summed E-state index contributed by atoms with van der Waals surface area (Å²) in [7, 11) is 1.68. The van der Waals surface area contributed by atoms with Crippen LogP contribution in [-0.4, -0.2) is 13.7 Å². The molecule has 2 nitrogen and oxygen atoms in total. The third-order valence-electron chi connectivity index (χ3n) is 3.84. The number of ether oxygens (including phenoxy) is 2. The van der Waals surface area contributed by atoms with E-state index >= 15 is 0 Å². The fraction of sp³-hybridized carbons (Fsp3) is 0.333. The molecule has 0 saturated heterocycles. The van der Waals surface area contributed by atoms with Crippen molar-refractivity contribution in [3.05, 3.63) is 59.2 Å². The Balaban J connectivity index is 1.76. The Bertz CT molecular complexity index is 624. The van der Waals surface area contributed by atoms with Gasteiger partial charge in [-0.05, 0) is 54.2 Å². The molecule has 0 amide bonds. The minimum absolute atomic E-state index is 0.0377. The SMILES string of the molecule is COc1cccc(CC(Cl)c2ccc3c(c2)CCCO3)c1. The van der Waals surface area contributed by atoms with Crippen LogP contribution in [0.15, 0.2) is 42.5 Å². The zero-order chi connectivity index (χ0) is 14.7. The molecule has 0 saturated carbocycles. The van der Waals surface area contributed by atoms with Crippen molar-refractivity contribution in [2.75, 3.05) is 13.7 Å². The number of hydrogen-bond donors (Lipinski definition) is 0. The molecule has 1 heterocycles. The van der Waals surface area contributed by atoms with Gasteiger partial charge in [0.15, 0.2) is 0 Å². The van der Waals surface area contributed by atoms with Gasteiger partial charge in [-0.15, -0.1) is 11.6 Å². The average molecular weight is 303 g/mol. The topological polar surface area (TPSA) is 18.5 Å². The molecular formula is C18H19ClO2. The summed E-state index contributed by atoms with van der Waals surface area (Å²) < 4.78 is 10.9. The zero-order valence-electron chi connectivity index (χ0n) is 12.1. The molecule has 1 atom stereocenters. The quantitative estimate of drug-likeness (QED) is 0.772. The van der Waals surface area contributed by atoms with Crippen LogP contribution in [0.25, 0.3) is 0 Å². The zero-order valence-corrected chi connectivity index (χ0v) is 12.9. The molecule has 1 aliphatic rings. The highest BCUT2D eigenvalue weighted by atomic mass is 35.5.